The van der Waals surface area contributed by atoms with Crippen LogP contribution >= 0.6 is 0 Å². The van der Waals surface area contributed by atoms with E-state index in [0.29, 0.717) is 12.6 Å². The highest BCUT2D eigenvalue weighted by atomic mass is 16.5. The highest BCUT2D eigenvalue weighted by molar-refractivity contribution is 5.49. The van der Waals surface area contributed by atoms with Gasteiger partial charge in [-0.25, -0.2) is 0 Å². The van der Waals surface area contributed by atoms with E-state index in [1.165, 1.54) is 5.69 Å². The van der Waals surface area contributed by atoms with Crippen molar-refractivity contribution >= 4 is 5.69 Å². The predicted molar refractivity (Wildman–Crippen MR) is 55.1 cm³/mol. The van der Waals surface area contributed by atoms with Crippen molar-refractivity contribution in [1.29, 1.82) is 0 Å². The van der Waals surface area contributed by atoms with Crippen molar-refractivity contribution in [2.45, 2.75) is 12.6 Å². The van der Waals surface area contributed by atoms with Crippen LogP contribution in [0.15, 0.2) is 18.3 Å². The van der Waals surface area contributed by atoms with Crippen LogP contribution in [-0.2, 0) is 11.3 Å². The van der Waals surface area contributed by atoms with E-state index in [1.807, 2.05) is 12.1 Å². The summed E-state index contributed by atoms with van der Waals surface area (Å²) in [5, 5.41) is 0. The molecule has 0 spiro atoms. The van der Waals surface area contributed by atoms with Gasteiger partial charge in [-0.1, -0.05) is 0 Å². The third kappa shape index (κ3) is 1.71. The summed E-state index contributed by atoms with van der Waals surface area (Å²) in [6.45, 7) is 2.42. The molecule has 76 valence electrons. The molecular formula is C10H15N3O. The van der Waals surface area contributed by atoms with Gasteiger partial charge in [0.05, 0.1) is 11.8 Å². The predicted octanol–water partition coefficient (Wildman–Crippen LogP) is 0.375. The van der Waals surface area contributed by atoms with Gasteiger partial charge in [0, 0.05) is 38.6 Å². The smallest absolute Gasteiger partial charge is 0.0920 e. The molecule has 2 rings (SSSR count). The molecule has 2 heterocycles. The lowest BCUT2D eigenvalue weighted by Crippen LogP contribution is -2.51. The summed E-state index contributed by atoms with van der Waals surface area (Å²) in [7, 11) is 1.75. The molecule has 2 N–H and O–H groups in total. The monoisotopic (exact) mass is 193 g/mol. The molecule has 0 aromatic carbocycles. The molecule has 1 aromatic rings. The van der Waals surface area contributed by atoms with Gasteiger partial charge in [-0.15, -0.1) is 0 Å². The normalized spacial score (nSPS) is 16.9. The van der Waals surface area contributed by atoms with Crippen molar-refractivity contribution in [3.63, 3.8) is 0 Å². The molecule has 0 radical (unpaired) electrons. The van der Waals surface area contributed by atoms with Gasteiger partial charge in [-0.3, -0.25) is 4.98 Å². The standard InChI is InChI=1S/C10H15N3O/c1-14-10-6-13(7-10)9-2-3-12-8(4-9)5-11/h2-4,10H,5-7,11H2,1H3. The highest BCUT2D eigenvalue weighted by Crippen LogP contribution is 2.21. The summed E-state index contributed by atoms with van der Waals surface area (Å²) in [5.41, 5.74) is 7.65. The molecule has 1 aliphatic rings. The van der Waals surface area contributed by atoms with E-state index in [9.17, 15) is 0 Å². The third-order valence-corrected chi connectivity index (χ3v) is 2.56. The minimum Gasteiger partial charge on any atom is -0.378 e. The van der Waals surface area contributed by atoms with Gasteiger partial charge in [-0.05, 0) is 12.1 Å². The molecule has 0 saturated carbocycles. The quantitative estimate of drug-likeness (QED) is 0.753. The Bertz CT molecular complexity index is 310. The Labute approximate surface area is 83.7 Å². The first-order chi connectivity index (χ1) is 6.83. The molecule has 0 bridgehead atoms. The number of ether oxygens (including phenoxy) is 1. The van der Waals surface area contributed by atoms with Gasteiger partial charge in [0.15, 0.2) is 0 Å². The van der Waals surface area contributed by atoms with Gasteiger partial charge >= 0.3 is 0 Å². The highest BCUT2D eigenvalue weighted by Gasteiger charge is 2.26. The molecule has 0 atom stereocenters. The molecule has 4 heteroatoms. The second-order valence-corrected chi connectivity index (χ2v) is 3.47. The van der Waals surface area contributed by atoms with Gasteiger partial charge in [0.2, 0.25) is 0 Å². The van der Waals surface area contributed by atoms with E-state index in [1.54, 1.807) is 13.3 Å². The summed E-state index contributed by atoms with van der Waals surface area (Å²) < 4.78 is 5.21. The summed E-state index contributed by atoms with van der Waals surface area (Å²) in [6.07, 6.45) is 2.18. The molecule has 0 unspecified atom stereocenters. The lowest BCUT2D eigenvalue weighted by Gasteiger charge is -2.40. The molecule has 4 nitrogen and oxygen atoms in total. The molecule has 0 amide bonds. The summed E-state index contributed by atoms with van der Waals surface area (Å²) in [6, 6.07) is 4.04. The maximum Gasteiger partial charge on any atom is 0.0920 e. The van der Waals surface area contributed by atoms with E-state index in [4.69, 9.17) is 10.5 Å². The zero-order valence-electron chi connectivity index (χ0n) is 8.31. The SMILES string of the molecule is COC1CN(c2ccnc(CN)c2)C1. The van der Waals surface area contributed by atoms with Crippen molar-refractivity contribution in [3.8, 4) is 0 Å². The number of anilines is 1. The minimum atomic E-state index is 0.379. The molecule has 1 saturated heterocycles. The van der Waals surface area contributed by atoms with Crippen LogP contribution in [0.2, 0.25) is 0 Å². The minimum absolute atomic E-state index is 0.379. The maximum absolute atomic E-state index is 5.53. The Hall–Kier alpha value is -1.13. The van der Waals surface area contributed by atoms with Crippen LogP contribution < -0.4 is 10.6 Å². The molecule has 1 aromatic heterocycles. The van der Waals surface area contributed by atoms with Crippen LogP contribution in [0.25, 0.3) is 0 Å². The van der Waals surface area contributed by atoms with Gasteiger partial charge in [-0.2, -0.15) is 0 Å². The number of pyridine rings is 1. The van der Waals surface area contributed by atoms with E-state index in [-0.39, 0.29) is 0 Å². The molecule has 1 fully saturated rings. The van der Waals surface area contributed by atoms with E-state index in [2.05, 4.69) is 9.88 Å². The zero-order chi connectivity index (χ0) is 9.97. The Morgan fingerprint density at radius 2 is 2.43 bits per heavy atom. The number of nitrogens with two attached hydrogens (primary N) is 1. The van der Waals surface area contributed by atoms with E-state index >= 15 is 0 Å². The van der Waals surface area contributed by atoms with Crippen molar-refractivity contribution in [2.24, 2.45) is 5.73 Å². The molecule has 14 heavy (non-hydrogen) atoms. The fourth-order valence-electron chi connectivity index (χ4n) is 1.57. The fraction of sp³-hybridized carbons (Fsp3) is 0.500. The number of hydrogen-bond donors (Lipinski definition) is 1. The first-order valence-electron chi connectivity index (χ1n) is 4.76. The topological polar surface area (TPSA) is 51.4 Å². The third-order valence-electron chi connectivity index (χ3n) is 2.56. The second-order valence-electron chi connectivity index (χ2n) is 3.47. The lowest BCUT2D eigenvalue weighted by atomic mass is 10.1. The van der Waals surface area contributed by atoms with Gasteiger partial charge in [0.1, 0.15) is 0 Å². The molecule has 0 aliphatic carbocycles. The largest absolute Gasteiger partial charge is 0.378 e. The Kier molecular flexibility index (Phi) is 2.65. The summed E-state index contributed by atoms with van der Waals surface area (Å²) >= 11 is 0. The van der Waals surface area contributed by atoms with Crippen LogP contribution in [0, 0.1) is 0 Å². The van der Waals surface area contributed by atoms with Crippen LogP contribution in [-0.4, -0.2) is 31.3 Å². The van der Waals surface area contributed by atoms with Crippen LogP contribution in [0.4, 0.5) is 5.69 Å². The zero-order valence-corrected chi connectivity index (χ0v) is 8.31. The average Bonchev–Trinajstić information content (AvgIpc) is 2.17. The lowest BCUT2D eigenvalue weighted by molar-refractivity contribution is 0.0787. The van der Waals surface area contributed by atoms with Gasteiger partial charge in [0.25, 0.3) is 0 Å². The van der Waals surface area contributed by atoms with Crippen molar-refractivity contribution in [2.75, 3.05) is 25.1 Å². The van der Waals surface area contributed by atoms with Crippen LogP contribution in [0.5, 0.6) is 0 Å². The number of rotatable bonds is 3. The van der Waals surface area contributed by atoms with Crippen LogP contribution in [0.3, 0.4) is 0 Å². The van der Waals surface area contributed by atoms with Crippen molar-refractivity contribution in [1.82, 2.24) is 4.98 Å². The summed E-state index contributed by atoms with van der Waals surface area (Å²) in [4.78, 5) is 6.41. The number of methoxy groups -OCH3 is 1. The van der Waals surface area contributed by atoms with E-state index in [0.717, 1.165) is 18.8 Å². The second kappa shape index (κ2) is 3.94. The van der Waals surface area contributed by atoms with Gasteiger partial charge < -0.3 is 15.4 Å². The average molecular weight is 193 g/mol. The van der Waals surface area contributed by atoms with E-state index < -0.39 is 0 Å². The Morgan fingerprint density at radius 1 is 1.64 bits per heavy atom. The Balaban J connectivity index is 2.03. The van der Waals surface area contributed by atoms with Crippen molar-refractivity contribution in [3.05, 3.63) is 24.0 Å². The first kappa shape index (κ1) is 9.43. The summed E-state index contributed by atoms with van der Waals surface area (Å²) in [5.74, 6) is 0. The maximum atomic E-state index is 5.53. The number of nitrogens with zero attached hydrogens (tertiary/aromatic N) is 2. The van der Waals surface area contributed by atoms with Crippen molar-refractivity contribution < 1.29 is 4.74 Å². The number of hydrogen-bond acceptors (Lipinski definition) is 4. The molecular weight excluding hydrogens is 178 g/mol. The van der Waals surface area contributed by atoms with Crippen LogP contribution in [0.1, 0.15) is 5.69 Å². The molecule has 1 aliphatic heterocycles. The first-order valence-corrected chi connectivity index (χ1v) is 4.76. The fourth-order valence-corrected chi connectivity index (χ4v) is 1.57. The number of aromatic nitrogens is 1. The Morgan fingerprint density at radius 3 is 3.07 bits per heavy atom.